The number of aromatic nitrogens is 1. The van der Waals surface area contributed by atoms with Crippen molar-refractivity contribution in [3.63, 3.8) is 0 Å². The van der Waals surface area contributed by atoms with Crippen LogP contribution in [0.25, 0.3) is 0 Å². The summed E-state index contributed by atoms with van der Waals surface area (Å²) in [5, 5.41) is 3.35. The molecule has 0 bridgehead atoms. The number of carbonyl (C=O) groups is 1. The third-order valence-corrected chi connectivity index (χ3v) is 2.57. The predicted octanol–water partition coefficient (Wildman–Crippen LogP) is 1.11. The Morgan fingerprint density at radius 2 is 2.19 bits per heavy atom. The van der Waals surface area contributed by atoms with Crippen molar-refractivity contribution in [2.75, 3.05) is 0 Å². The SMILES string of the molecule is CC(C)NCc1cccn1CC(C)C(N)=O. The maximum Gasteiger partial charge on any atom is 0.222 e. The molecule has 3 N–H and O–H groups in total. The second-order valence-corrected chi connectivity index (χ2v) is 4.49. The highest BCUT2D eigenvalue weighted by molar-refractivity contribution is 5.76. The van der Waals surface area contributed by atoms with Gasteiger partial charge < -0.3 is 15.6 Å². The summed E-state index contributed by atoms with van der Waals surface area (Å²) >= 11 is 0. The molecule has 0 aliphatic carbocycles. The molecule has 0 saturated heterocycles. The molecule has 0 fully saturated rings. The van der Waals surface area contributed by atoms with E-state index in [9.17, 15) is 4.79 Å². The van der Waals surface area contributed by atoms with Crippen molar-refractivity contribution in [1.82, 2.24) is 9.88 Å². The van der Waals surface area contributed by atoms with Gasteiger partial charge in [-0.05, 0) is 12.1 Å². The summed E-state index contributed by atoms with van der Waals surface area (Å²) < 4.78 is 2.07. The van der Waals surface area contributed by atoms with Crippen molar-refractivity contribution >= 4 is 5.91 Å². The number of hydrogen-bond acceptors (Lipinski definition) is 2. The zero-order chi connectivity index (χ0) is 12.1. The van der Waals surface area contributed by atoms with Gasteiger partial charge in [-0.1, -0.05) is 20.8 Å². The first-order valence-corrected chi connectivity index (χ1v) is 5.67. The van der Waals surface area contributed by atoms with Crippen molar-refractivity contribution < 1.29 is 4.79 Å². The molecule has 16 heavy (non-hydrogen) atoms. The zero-order valence-electron chi connectivity index (χ0n) is 10.2. The summed E-state index contributed by atoms with van der Waals surface area (Å²) in [7, 11) is 0. The fraction of sp³-hybridized carbons (Fsp3) is 0.583. The fourth-order valence-corrected chi connectivity index (χ4v) is 1.48. The Bertz CT molecular complexity index is 344. The highest BCUT2D eigenvalue weighted by atomic mass is 16.1. The van der Waals surface area contributed by atoms with E-state index < -0.39 is 0 Å². The van der Waals surface area contributed by atoms with Gasteiger partial charge in [0.15, 0.2) is 0 Å². The van der Waals surface area contributed by atoms with Crippen LogP contribution >= 0.6 is 0 Å². The normalized spacial score (nSPS) is 13.0. The highest BCUT2D eigenvalue weighted by Gasteiger charge is 2.11. The Labute approximate surface area is 96.8 Å². The smallest absolute Gasteiger partial charge is 0.222 e. The van der Waals surface area contributed by atoms with Crippen LogP contribution in [0.15, 0.2) is 18.3 Å². The van der Waals surface area contributed by atoms with E-state index in [0.717, 1.165) is 6.54 Å². The molecule has 4 nitrogen and oxygen atoms in total. The Balaban J connectivity index is 2.60. The number of nitrogens with two attached hydrogens (primary N) is 1. The van der Waals surface area contributed by atoms with Crippen LogP contribution in [0.5, 0.6) is 0 Å². The molecular weight excluding hydrogens is 202 g/mol. The quantitative estimate of drug-likeness (QED) is 0.759. The first-order valence-electron chi connectivity index (χ1n) is 5.67. The van der Waals surface area contributed by atoms with Crippen molar-refractivity contribution in [1.29, 1.82) is 0 Å². The molecule has 0 saturated carbocycles. The van der Waals surface area contributed by atoms with E-state index in [1.54, 1.807) is 0 Å². The molecule has 1 amide bonds. The highest BCUT2D eigenvalue weighted by Crippen LogP contribution is 2.07. The van der Waals surface area contributed by atoms with Crippen molar-refractivity contribution in [2.45, 2.75) is 39.9 Å². The minimum atomic E-state index is -0.253. The van der Waals surface area contributed by atoms with Crippen LogP contribution in [0.4, 0.5) is 0 Å². The van der Waals surface area contributed by atoms with Gasteiger partial charge in [-0.15, -0.1) is 0 Å². The van der Waals surface area contributed by atoms with Gasteiger partial charge in [-0.3, -0.25) is 4.79 Å². The predicted molar refractivity (Wildman–Crippen MR) is 64.8 cm³/mol. The number of carbonyl (C=O) groups excluding carboxylic acids is 1. The molecule has 0 aliphatic rings. The van der Waals surface area contributed by atoms with Crippen LogP contribution in [-0.2, 0) is 17.9 Å². The maximum atomic E-state index is 11.0. The van der Waals surface area contributed by atoms with E-state index in [0.29, 0.717) is 12.6 Å². The molecule has 1 unspecified atom stereocenters. The van der Waals surface area contributed by atoms with Gasteiger partial charge in [0.25, 0.3) is 0 Å². The molecule has 0 radical (unpaired) electrons. The van der Waals surface area contributed by atoms with Gasteiger partial charge in [0.1, 0.15) is 0 Å². The molecule has 1 heterocycles. The van der Waals surface area contributed by atoms with Gasteiger partial charge in [-0.25, -0.2) is 0 Å². The Morgan fingerprint density at radius 3 is 2.75 bits per heavy atom. The van der Waals surface area contributed by atoms with Crippen LogP contribution in [0, 0.1) is 5.92 Å². The summed E-state index contributed by atoms with van der Waals surface area (Å²) in [6, 6.07) is 4.51. The van der Waals surface area contributed by atoms with Gasteiger partial charge in [0.05, 0.1) is 5.92 Å². The third kappa shape index (κ3) is 3.70. The summed E-state index contributed by atoms with van der Waals surface area (Å²) in [5.41, 5.74) is 6.44. The lowest BCUT2D eigenvalue weighted by Gasteiger charge is -2.14. The molecule has 1 aromatic heterocycles. The second kappa shape index (κ2) is 5.70. The van der Waals surface area contributed by atoms with Crippen LogP contribution in [-0.4, -0.2) is 16.5 Å². The van der Waals surface area contributed by atoms with Crippen LogP contribution < -0.4 is 11.1 Å². The summed E-state index contributed by atoms with van der Waals surface area (Å²) in [6.45, 7) is 7.54. The van der Waals surface area contributed by atoms with Crippen molar-refractivity contribution in [3.8, 4) is 0 Å². The lowest BCUT2D eigenvalue weighted by Crippen LogP contribution is -2.27. The topological polar surface area (TPSA) is 60.1 Å². The molecule has 0 aliphatic heterocycles. The molecule has 1 atom stereocenters. The largest absolute Gasteiger partial charge is 0.369 e. The Morgan fingerprint density at radius 1 is 1.50 bits per heavy atom. The van der Waals surface area contributed by atoms with Gasteiger partial charge in [0.2, 0.25) is 5.91 Å². The van der Waals surface area contributed by atoms with E-state index in [1.165, 1.54) is 5.69 Å². The maximum absolute atomic E-state index is 11.0. The average Bonchev–Trinajstić information content (AvgIpc) is 2.62. The number of rotatable bonds is 6. The van der Waals surface area contributed by atoms with E-state index in [-0.39, 0.29) is 11.8 Å². The van der Waals surface area contributed by atoms with E-state index in [1.807, 2.05) is 19.2 Å². The monoisotopic (exact) mass is 223 g/mol. The van der Waals surface area contributed by atoms with Crippen LogP contribution in [0.3, 0.4) is 0 Å². The number of amides is 1. The van der Waals surface area contributed by atoms with E-state index in [2.05, 4.69) is 29.8 Å². The fourth-order valence-electron chi connectivity index (χ4n) is 1.48. The molecular formula is C12H21N3O. The zero-order valence-corrected chi connectivity index (χ0v) is 10.2. The average molecular weight is 223 g/mol. The van der Waals surface area contributed by atoms with Crippen molar-refractivity contribution in [3.05, 3.63) is 24.0 Å². The van der Waals surface area contributed by atoms with Crippen molar-refractivity contribution in [2.24, 2.45) is 11.7 Å². The lowest BCUT2D eigenvalue weighted by molar-refractivity contribution is -0.121. The summed E-state index contributed by atoms with van der Waals surface area (Å²) in [4.78, 5) is 11.0. The molecule has 90 valence electrons. The van der Waals surface area contributed by atoms with E-state index in [4.69, 9.17) is 5.73 Å². The lowest BCUT2D eigenvalue weighted by atomic mass is 10.1. The van der Waals surface area contributed by atoms with Gasteiger partial charge >= 0.3 is 0 Å². The third-order valence-electron chi connectivity index (χ3n) is 2.57. The number of nitrogens with one attached hydrogen (secondary N) is 1. The summed E-state index contributed by atoms with van der Waals surface area (Å²) in [5.74, 6) is -0.387. The molecule has 1 rings (SSSR count). The first-order chi connectivity index (χ1) is 7.50. The minimum absolute atomic E-state index is 0.134. The number of hydrogen-bond donors (Lipinski definition) is 2. The summed E-state index contributed by atoms with van der Waals surface area (Å²) in [6.07, 6.45) is 1.98. The van der Waals surface area contributed by atoms with Crippen LogP contribution in [0.1, 0.15) is 26.5 Å². The number of nitrogens with zero attached hydrogens (tertiary/aromatic N) is 1. The Kier molecular flexibility index (Phi) is 4.55. The Hall–Kier alpha value is -1.29. The second-order valence-electron chi connectivity index (χ2n) is 4.49. The molecule has 1 aromatic rings. The van der Waals surface area contributed by atoms with Gasteiger partial charge in [0, 0.05) is 31.0 Å². The van der Waals surface area contributed by atoms with Gasteiger partial charge in [-0.2, -0.15) is 0 Å². The standard InChI is InChI=1S/C12H21N3O/c1-9(2)14-7-11-5-4-6-15(11)8-10(3)12(13)16/h4-6,9-10,14H,7-8H2,1-3H3,(H2,13,16). The molecule has 0 aromatic carbocycles. The molecule has 0 spiro atoms. The van der Waals surface area contributed by atoms with Crippen LogP contribution in [0.2, 0.25) is 0 Å². The van der Waals surface area contributed by atoms with E-state index >= 15 is 0 Å². The first kappa shape index (κ1) is 12.8. The minimum Gasteiger partial charge on any atom is -0.369 e. The number of primary amides is 1. The molecule has 4 heteroatoms.